The maximum atomic E-state index is 12.4. The molecule has 1 aliphatic rings. The van der Waals surface area contributed by atoms with Gasteiger partial charge < -0.3 is 4.80 Å². The van der Waals surface area contributed by atoms with Gasteiger partial charge in [-0.3, -0.25) is 9.63 Å². The normalized spacial score (nSPS) is 19.8. The summed E-state index contributed by atoms with van der Waals surface area (Å²) in [5.41, 5.74) is 0. The number of hydrogen-bond acceptors (Lipinski definition) is 3. The summed E-state index contributed by atoms with van der Waals surface area (Å²) in [6, 6.07) is 20.5. The van der Waals surface area contributed by atoms with E-state index in [0.29, 0.717) is 5.92 Å². The van der Waals surface area contributed by atoms with Crippen LogP contribution in [0.15, 0.2) is 60.7 Å². The average Bonchev–Trinajstić information content (AvgIpc) is 2.82. The van der Waals surface area contributed by atoms with E-state index in [1.807, 2.05) is 36.4 Å². The Labute approximate surface area is 188 Å². The number of amides is 1. The smallest absolute Gasteiger partial charge is 0.258 e. The molecule has 0 aliphatic heterocycles. The Hall–Kier alpha value is -1.95. The fourth-order valence-electron chi connectivity index (χ4n) is 5.10. The molecule has 1 aliphatic carbocycles. The summed E-state index contributed by atoms with van der Waals surface area (Å²) >= 11 is 0. The maximum Gasteiger partial charge on any atom is 0.258 e. The van der Waals surface area contributed by atoms with Gasteiger partial charge >= 0.3 is 0 Å². The molecular formula is C26H37NO3Si. The standard InChI is InChI=1S/C26H37NO3Si/c1-26(2,20-19-21-15-17-22(18-16-21)25(28)27(3)30-4)31(29,23-11-7-5-8-12-23)24-13-9-6-10-14-24/h5-14,21-22,29H,15-20H2,1-4H3/t21-,22-. The van der Waals surface area contributed by atoms with Crippen LogP contribution in [-0.4, -0.2) is 38.2 Å². The highest BCUT2D eigenvalue weighted by Gasteiger charge is 2.49. The van der Waals surface area contributed by atoms with Crippen LogP contribution in [0.4, 0.5) is 0 Å². The van der Waals surface area contributed by atoms with Crippen molar-refractivity contribution in [2.24, 2.45) is 11.8 Å². The van der Waals surface area contributed by atoms with E-state index in [-0.39, 0.29) is 16.9 Å². The van der Waals surface area contributed by atoms with E-state index in [0.717, 1.165) is 48.9 Å². The Morgan fingerprint density at radius 1 is 1.00 bits per heavy atom. The number of carbonyl (C=O) groups is 1. The molecule has 1 N–H and O–H groups in total. The lowest BCUT2D eigenvalue weighted by atomic mass is 9.79. The predicted molar refractivity (Wildman–Crippen MR) is 129 cm³/mol. The van der Waals surface area contributed by atoms with E-state index in [4.69, 9.17) is 4.84 Å². The number of hydrogen-bond donors (Lipinski definition) is 1. The van der Waals surface area contributed by atoms with Gasteiger partial charge in [-0.2, -0.15) is 0 Å². The Kier molecular flexibility index (Phi) is 7.73. The Morgan fingerprint density at radius 2 is 1.48 bits per heavy atom. The molecule has 4 nitrogen and oxygen atoms in total. The fourth-order valence-corrected chi connectivity index (χ4v) is 8.85. The number of nitrogens with zero attached hydrogens (tertiary/aromatic N) is 1. The maximum absolute atomic E-state index is 12.4. The molecule has 0 atom stereocenters. The summed E-state index contributed by atoms with van der Waals surface area (Å²) in [7, 11) is 0.286. The van der Waals surface area contributed by atoms with Crippen LogP contribution in [0.3, 0.4) is 0 Å². The highest BCUT2D eigenvalue weighted by molar-refractivity contribution is 6.98. The van der Waals surface area contributed by atoms with Crippen molar-refractivity contribution in [1.29, 1.82) is 0 Å². The first-order valence-electron chi connectivity index (χ1n) is 11.4. The van der Waals surface area contributed by atoms with E-state index < -0.39 is 8.32 Å². The molecule has 0 saturated heterocycles. The monoisotopic (exact) mass is 439 g/mol. The van der Waals surface area contributed by atoms with Gasteiger partial charge in [0, 0.05) is 13.0 Å². The van der Waals surface area contributed by atoms with Crippen LogP contribution >= 0.6 is 0 Å². The number of carbonyl (C=O) groups excluding carboxylic acids is 1. The van der Waals surface area contributed by atoms with Crippen molar-refractivity contribution in [2.75, 3.05) is 14.2 Å². The van der Waals surface area contributed by atoms with Crippen LogP contribution in [0.25, 0.3) is 0 Å². The van der Waals surface area contributed by atoms with Gasteiger partial charge in [0.25, 0.3) is 8.32 Å². The lowest BCUT2D eigenvalue weighted by Crippen LogP contribution is -2.65. The van der Waals surface area contributed by atoms with Crippen molar-refractivity contribution in [3.8, 4) is 0 Å². The third-order valence-electron chi connectivity index (χ3n) is 7.32. The van der Waals surface area contributed by atoms with E-state index in [1.165, 1.54) is 12.2 Å². The summed E-state index contributed by atoms with van der Waals surface area (Å²) in [6.45, 7) is 4.48. The molecule has 0 heterocycles. The lowest BCUT2D eigenvalue weighted by molar-refractivity contribution is -0.174. The number of benzene rings is 2. The topological polar surface area (TPSA) is 49.8 Å². The quantitative estimate of drug-likeness (QED) is 0.497. The molecule has 0 aromatic heterocycles. The largest absolute Gasteiger partial charge is 0.424 e. The van der Waals surface area contributed by atoms with E-state index in [2.05, 4.69) is 38.1 Å². The molecule has 168 valence electrons. The third kappa shape index (κ3) is 5.11. The van der Waals surface area contributed by atoms with Gasteiger partial charge in [0.15, 0.2) is 0 Å². The molecule has 5 heteroatoms. The molecule has 1 fully saturated rings. The van der Waals surface area contributed by atoms with Crippen LogP contribution in [0, 0.1) is 11.8 Å². The van der Waals surface area contributed by atoms with E-state index in [1.54, 1.807) is 7.05 Å². The van der Waals surface area contributed by atoms with Crippen molar-refractivity contribution in [3.63, 3.8) is 0 Å². The van der Waals surface area contributed by atoms with Gasteiger partial charge in [0.05, 0.1) is 7.11 Å². The van der Waals surface area contributed by atoms with Crippen LogP contribution < -0.4 is 10.4 Å². The third-order valence-corrected chi connectivity index (χ3v) is 11.9. The Bertz CT molecular complexity index is 793. The number of hydroxylamine groups is 2. The van der Waals surface area contributed by atoms with Gasteiger partial charge in [-0.05, 0) is 53.4 Å². The Morgan fingerprint density at radius 3 is 1.94 bits per heavy atom. The van der Waals surface area contributed by atoms with Crippen LogP contribution in [0.2, 0.25) is 5.04 Å². The van der Waals surface area contributed by atoms with Crippen molar-refractivity contribution in [3.05, 3.63) is 60.7 Å². The highest BCUT2D eigenvalue weighted by Crippen LogP contribution is 2.43. The van der Waals surface area contributed by atoms with E-state index in [9.17, 15) is 9.59 Å². The summed E-state index contributed by atoms with van der Waals surface area (Å²) in [5, 5.41) is 3.30. The van der Waals surface area contributed by atoms with Crippen LogP contribution in [0.5, 0.6) is 0 Å². The summed E-state index contributed by atoms with van der Waals surface area (Å²) in [6.07, 6.45) is 6.05. The summed E-state index contributed by atoms with van der Waals surface area (Å²) < 4.78 is 0. The molecule has 0 radical (unpaired) electrons. The van der Waals surface area contributed by atoms with Crippen LogP contribution in [0.1, 0.15) is 52.4 Å². The SMILES string of the molecule is CON(C)C(=O)[C@H]1CC[C@H](CCC(C)(C)[Si](O)(c2ccccc2)c2ccccc2)CC1. The second-order valence-electron chi connectivity index (χ2n) is 9.60. The molecule has 0 spiro atoms. The van der Waals surface area contributed by atoms with Crippen molar-refractivity contribution in [1.82, 2.24) is 5.06 Å². The lowest BCUT2D eigenvalue weighted by Gasteiger charge is -2.42. The molecule has 0 bridgehead atoms. The summed E-state index contributed by atoms with van der Waals surface area (Å²) in [5.74, 6) is 0.784. The molecule has 1 saturated carbocycles. The second kappa shape index (κ2) is 10.1. The van der Waals surface area contributed by atoms with Gasteiger partial charge in [0.1, 0.15) is 0 Å². The fraction of sp³-hybridized carbons (Fsp3) is 0.500. The average molecular weight is 440 g/mol. The first-order valence-corrected chi connectivity index (χ1v) is 13.4. The van der Waals surface area contributed by atoms with Crippen molar-refractivity contribution < 1.29 is 14.4 Å². The van der Waals surface area contributed by atoms with Gasteiger partial charge in [-0.25, -0.2) is 5.06 Å². The molecular weight excluding hydrogens is 402 g/mol. The first kappa shape index (κ1) is 23.7. The van der Waals surface area contributed by atoms with Crippen molar-refractivity contribution in [2.45, 2.75) is 57.4 Å². The van der Waals surface area contributed by atoms with Gasteiger partial charge in [-0.1, -0.05) is 80.9 Å². The zero-order chi connectivity index (χ0) is 22.5. The second-order valence-corrected chi connectivity index (χ2v) is 13.5. The molecule has 2 aromatic rings. The molecule has 0 unspecified atom stereocenters. The van der Waals surface area contributed by atoms with Crippen LogP contribution in [-0.2, 0) is 9.63 Å². The number of rotatable bonds is 8. The zero-order valence-electron chi connectivity index (χ0n) is 19.4. The summed E-state index contributed by atoms with van der Waals surface area (Å²) in [4.78, 5) is 29.7. The molecule has 2 aromatic carbocycles. The molecule has 1 amide bonds. The molecule has 3 rings (SSSR count). The van der Waals surface area contributed by atoms with Gasteiger partial charge in [0.2, 0.25) is 5.91 Å². The highest BCUT2D eigenvalue weighted by atomic mass is 28.4. The van der Waals surface area contributed by atoms with Crippen molar-refractivity contribution >= 4 is 24.6 Å². The first-order chi connectivity index (χ1) is 14.8. The Balaban J connectivity index is 1.71. The van der Waals surface area contributed by atoms with Gasteiger partial charge in [-0.15, -0.1) is 0 Å². The minimum Gasteiger partial charge on any atom is -0.424 e. The molecule has 31 heavy (non-hydrogen) atoms. The minimum atomic E-state index is -2.94. The zero-order valence-corrected chi connectivity index (χ0v) is 20.4. The minimum absolute atomic E-state index is 0.0779. The predicted octanol–water partition coefficient (Wildman–Crippen LogP) is 4.13. The van der Waals surface area contributed by atoms with E-state index >= 15 is 0 Å².